The van der Waals surface area contributed by atoms with Crippen LogP contribution in [0.25, 0.3) is 0 Å². The summed E-state index contributed by atoms with van der Waals surface area (Å²) >= 11 is 0. The molecule has 0 saturated heterocycles. The fourth-order valence-corrected chi connectivity index (χ4v) is 2.93. The Morgan fingerprint density at radius 2 is 1.17 bits per heavy atom. The number of rotatable bonds is 7. The molecule has 0 heterocycles. The van der Waals surface area contributed by atoms with E-state index in [2.05, 4.69) is 41.7 Å². The van der Waals surface area contributed by atoms with Crippen molar-refractivity contribution in [1.82, 2.24) is 5.32 Å². The maximum Gasteiger partial charge on any atom is 0.0984 e. The zero-order valence-electron chi connectivity index (χ0n) is 13.7. The van der Waals surface area contributed by atoms with Gasteiger partial charge in [0.05, 0.1) is 12.1 Å². The fourth-order valence-electron chi connectivity index (χ4n) is 2.93. The third kappa shape index (κ3) is 4.31. The molecule has 0 saturated carbocycles. The largest absolute Gasteiger partial charge is 0.386 e. The first-order chi connectivity index (χ1) is 11.8. The van der Waals surface area contributed by atoms with E-state index in [-0.39, 0.29) is 6.04 Å². The molecule has 0 aliphatic heterocycles. The van der Waals surface area contributed by atoms with Gasteiger partial charge in [-0.25, -0.2) is 0 Å². The molecule has 2 N–H and O–H groups in total. The minimum absolute atomic E-state index is 0.127. The molecule has 0 aromatic heterocycles. The quantitative estimate of drug-likeness (QED) is 0.681. The zero-order chi connectivity index (χ0) is 16.6. The Labute approximate surface area is 143 Å². The third-order valence-electron chi connectivity index (χ3n) is 4.24. The highest BCUT2D eigenvalue weighted by molar-refractivity contribution is 5.26. The van der Waals surface area contributed by atoms with Crippen LogP contribution in [-0.4, -0.2) is 11.7 Å². The van der Waals surface area contributed by atoms with Gasteiger partial charge in [0.1, 0.15) is 0 Å². The lowest BCUT2D eigenvalue weighted by atomic mass is 9.95. The van der Waals surface area contributed by atoms with Gasteiger partial charge >= 0.3 is 0 Å². The second-order valence-corrected chi connectivity index (χ2v) is 5.93. The maximum atomic E-state index is 10.9. The van der Waals surface area contributed by atoms with Gasteiger partial charge in [0.15, 0.2) is 0 Å². The normalized spacial score (nSPS) is 13.4. The molecule has 3 aromatic rings. The van der Waals surface area contributed by atoms with Crippen molar-refractivity contribution in [2.45, 2.75) is 18.6 Å². The van der Waals surface area contributed by atoms with E-state index in [1.54, 1.807) is 0 Å². The second-order valence-electron chi connectivity index (χ2n) is 5.93. The Hall–Kier alpha value is -2.42. The lowest BCUT2D eigenvalue weighted by Crippen LogP contribution is -2.29. The molecule has 3 rings (SSSR count). The minimum Gasteiger partial charge on any atom is -0.386 e. The molecule has 0 fully saturated rings. The lowest BCUT2D eigenvalue weighted by molar-refractivity contribution is 0.129. The summed E-state index contributed by atoms with van der Waals surface area (Å²) < 4.78 is 0. The summed E-state index contributed by atoms with van der Waals surface area (Å²) in [6, 6.07) is 30.3. The fraction of sp³-hybridized carbons (Fsp3) is 0.182. The van der Waals surface area contributed by atoms with Crippen LogP contribution in [0.3, 0.4) is 0 Å². The van der Waals surface area contributed by atoms with Crippen molar-refractivity contribution in [3.63, 3.8) is 0 Å². The molecule has 0 aliphatic rings. The van der Waals surface area contributed by atoms with E-state index in [1.165, 1.54) is 5.56 Å². The SMILES string of the molecule is O[C@H](c1ccccc1)[C@H](NCCc1ccccc1)c1ccccc1. The van der Waals surface area contributed by atoms with Gasteiger partial charge in [-0.05, 0) is 29.7 Å². The van der Waals surface area contributed by atoms with Crippen molar-refractivity contribution in [1.29, 1.82) is 0 Å². The van der Waals surface area contributed by atoms with E-state index >= 15 is 0 Å². The molecule has 0 unspecified atom stereocenters. The highest BCUT2D eigenvalue weighted by Crippen LogP contribution is 2.28. The molecule has 0 radical (unpaired) electrons. The predicted molar refractivity (Wildman–Crippen MR) is 98.7 cm³/mol. The molecule has 2 nitrogen and oxygen atoms in total. The van der Waals surface area contributed by atoms with Gasteiger partial charge < -0.3 is 10.4 Å². The summed E-state index contributed by atoms with van der Waals surface area (Å²) in [6.07, 6.45) is 0.357. The highest BCUT2D eigenvalue weighted by Gasteiger charge is 2.21. The molecule has 122 valence electrons. The van der Waals surface area contributed by atoms with Crippen molar-refractivity contribution < 1.29 is 5.11 Å². The zero-order valence-corrected chi connectivity index (χ0v) is 13.7. The Morgan fingerprint density at radius 3 is 1.75 bits per heavy atom. The molecular formula is C22H23NO. The van der Waals surface area contributed by atoms with Gasteiger partial charge in [-0.15, -0.1) is 0 Å². The first-order valence-electron chi connectivity index (χ1n) is 8.40. The first-order valence-corrected chi connectivity index (χ1v) is 8.40. The first kappa shape index (κ1) is 16.4. The number of benzene rings is 3. The number of nitrogens with one attached hydrogen (secondary N) is 1. The second kappa shape index (κ2) is 8.44. The molecule has 0 spiro atoms. The smallest absolute Gasteiger partial charge is 0.0984 e. The average Bonchev–Trinajstić information content (AvgIpc) is 2.67. The summed E-state index contributed by atoms with van der Waals surface area (Å²) in [6.45, 7) is 0.813. The Kier molecular flexibility index (Phi) is 5.78. The van der Waals surface area contributed by atoms with Crippen LogP contribution in [0.2, 0.25) is 0 Å². The van der Waals surface area contributed by atoms with Crippen LogP contribution in [0.4, 0.5) is 0 Å². The number of hydrogen-bond donors (Lipinski definition) is 2. The Balaban J connectivity index is 1.73. The molecule has 24 heavy (non-hydrogen) atoms. The topological polar surface area (TPSA) is 32.3 Å². The molecule has 0 aliphatic carbocycles. The summed E-state index contributed by atoms with van der Waals surface area (Å²) in [5.41, 5.74) is 3.33. The maximum absolute atomic E-state index is 10.9. The van der Waals surface area contributed by atoms with Gasteiger partial charge in [-0.1, -0.05) is 91.0 Å². The Morgan fingerprint density at radius 1 is 0.667 bits per heavy atom. The van der Waals surface area contributed by atoms with Crippen molar-refractivity contribution in [2.75, 3.05) is 6.54 Å². The van der Waals surface area contributed by atoms with Crippen LogP contribution in [0, 0.1) is 0 Å². The monoisotopic (exact) mass is 317 g/mol. The van der Waals surface area contributed by atoms with Gasteiger partial charge in [0.25, 0.3) is 0 Å². The standard InChI is InChI=1S/C22H23NO/c24-22(20-14-8-3-9-15-20)21(19-12-6-2-7-13-19)23-17-16-18-10-4-1-5-11-18/h1-15,21-24H,16-17H2/t21-,22-/m1/s1. The van der Waals surface area contributed by atoms with Gasteiger partial charge in [0, 0.05) is 0 Å². The van der Waals surface area contributed by atoms with Crippen LogP contribution >= 0.6 is 0 Å². The molecular weight excluding hydrogens is 294 g/mol. The summed E-state index contributed by atoms with van der Waals surface area (Å²) in [5, 5.41) is 14.4. The van der Waals surface area contributed by atoms with Crippen LogP contribution in [0.15, 0.2) is 91.0 Å². The Bertz CT molecular complexity index is 713. The summed E-state index contributed by atoms with van der Waals surface area (Å²) in [5.74, 6) is 0. The van der Waals surface area contributed by atoms with Gasteiger partial charge in [-0.3, -0.25) is 0 Å². The molecule has 2 heteroatoms. The van der Waals surface area contributed by atoms with E-state index in [1.807, 2.05) is 54.6 Å². The van der Waals surface area contributed by atoms with Crippen LogP contribution < -0.4 is 5.32 Å². The lowest BCUT2D eigenvalue weighted by Gasteiger charge is -2.25. The van der Waals surface area contributed by atoms with Crippen molar-refractivity contribution in [3.05, 3.63) is 108 Å². The van der Waals surface area contributed by atoms with E-state index in [0.29, 0.717) is 0 Å². The summed E-state index contributed by atoms with van der Waals surface area (Å²) in [7, 11) is 0. The number of aliphatic hydroxyl groups is 1. The molecule has 3 aromatic carbocycles. The van der Waals surface area contributed by atoms with Crippen LogP contribution in [-0.2, 0) is 6.42 Å². The third-order valence-corrected chi connectivity index (χ3v) is 4.24. The van der Waals surface area contributed by atoms with E-state index in [0.717, 1.165) is 24.1 Å². The van der Waals surface area contributed by atoms with E-state index < -0.39 is 6.10 Å². The van der Waals surface area contributed by atoms with Crippen LogP contribution in [0.1, 0.15) is 28.8 Å². The van der Waals surface area contributed by atoms with E-state index in [4.69, 9.17) is 0 Å². The molecule has 0 amide bonds. The van der Waals surface area contributed by atoms with Gasteiger partial charge in [0.2, 0.25) is 0 Å². The van der Waals surface area contributed by atoms with Crippen molar-refractivity contribution in [3.8, 4) is 0 Å². The van der Waals surface area contributed by atoms with Crippen molar-refractivity contribution >= 4 is 0 Å². The molecule has 2 atom stereocenters. The summed E-state index contributed by atoms with van der Waals surface area (Å²) in [4.78, 5) is 0. The highest BCUT2D eigenvalue weighted by atomic mass is 16.3. The number of aliphatic hydroxyl groups excluding tert-OH is 1. The minimum atomic E-state index is -0.579. The predicted octanol–water partition coefficient (Wildman–Crippen LogP) is 4.29. The average molecular weight is 317 g/mol. The van der Waals surface area contributed by atoms with Crippen molar-refractivity contribution in [2.24, 2.45) is 0 Å². The van der Waals surface area contributed by atoms with E-state index in [9.17, 15) is 5.11 Å². The van der Waals surface area contributed by atoms with Gasteiger partial charge in [-0.2, -0.15) is 0 Å². The van der Waals surface area contributed by atoms with Crippen LogP contribution in [0.5, 0.6) is 0 Å². The molecule has 0 bridgehead atoms. The number of hydrogen-bond acceptors (Lipinski definition) is 2.